The second-order valence-electron chi connectivity index (χ2n) is 5.72. The summed E-state index contributed by atoms with van der Waals surface area (Å²) >= 11 is 1.59. The van der Waals surface area contributed by atoms with Crippen LogP contribution in [0.3, 0.4) is 0 Å². The topological polar surface area (TPSA) is 54.9 Å². The molecule has 128 valence electrons. The Morgan fingerprint density at radius 1 is 1.24 bits per heavy atom. The number of benzene rings is 1. The van der Waals surface area contributed by atoms with Crippen molar-refractivity contribution in [3.8, 4) is 11.3 Å². The molecule has 0 unspecified atom stereocenters. The van der Waals surface area contributed by atoms with Gasteiger partial charge in [-0.15, -0.1) is 0 Å². The third kappa shape index (κ3) is 4.48. The lowest BCUT2D eigenvalue weighted by atomic mass is 10.1. The van der Waals surface area contributed by atoms with Gasteiger partial charge >= 0.3 is 0 Å². The normalized spacial score (nSPS) is 10.6. The van der Waals surface area contributed by atoms with Crippen molar-refractivity contribution in [1.29, 1.82) is 0 Å². The zero-order valence-electron chi connectivity index (χ0n) is 13.8. The van der Waals surface area contributed by atoms with E-state index in [0.29, 0.717) is 24.9 Å². The molecule has 1 aromatic carbocycles. The summed E-state index contributed by atoms with van der Waals surface area (Å²) in [4.78, 5) is 20.8. The average molecular weight is 355 g/mol. The van der Waals surface area contributed by atoms with Crippen LogP contribution in [0.4, 0.5) is 4.39 Å². The Balaban J connectivity index is 1.57. The van der Waals surface area contributed by atoms with Crippen LogP contribution in [0, 0.1) is 12.7 Å². The van der Waals surface area contributed by atoms with Gasteiger partial charge in [0.15, 0.2) is 0 Å². The van der Waals surface area contributed by atoms with E-state index < -0.39 is 0 Å². The minimum absolute atomic E-state index is 0.0658. The highest BCUT2D eigenvalue weighted by atomic mass is 32.1. The van der Waals surface area contributed by atoms with E-state index in [4.69, 9.17) is 0 Å². The standard InChI is InChI=1S/C19H18FN3OS/c1-13-10-14(2-4-16(13)20)3-5-18(24)23-11-17-19(22-8-7-21-17)15-6-9-25-12-15/h2,4,6-10,12H,3,5,11H2,1H3,(H,23,24). The van der Waals surface area contributed by atoms with Gasteiger partial charge in [-0.25, -0.2) is 4.39 Å². The molecule has 2 heterocycles. The lowest BCUT2D eigenvalue weighted by Gasteiger charge is -2.08. The van der Waals surface area contributed by atoms with Gasteiger partial charge in [0.1, 0.15) is 5.82 Å². The highest BCUT2D eigenvalue weighted by Gasteiger charge is 2.10. The molecule has 4 nitrogen and oxygen atoms in total. The molecule has 2 aromatic heterocycles. The molecule has 0 fully saturated rings. The number of amides is 1. The lowest BCUT2D eigenvalue weighted by molar-refractivity contribution is -0.121. The maximum absolute atomic E-state index is 13.3. The molecule has 6 heteroatoms. The largest absolute Gasteiger partial charge is 0.350 e. The molecule has 0 radical (unpaired) electrons. The smallest absolute Gasteiger partial charge is 0.220 e. The quantitative estimate of drug-likeness (QED) is 0.729. The zero-order valence-corrected chi connectivity index (χ0v) is 14.6. The first-order valence-electron chi connectivity index (χ1n) is 7.97. The van der Waals surface area contributed by atoms with Gasteiger partial charge < -0.3 is 5.32 Å². The number of nitrogens with zero attached hydrogens (tertiary/aromatic N) is 2. The van der Waals surface area contributed by atoms with Crippen LogP contribution in [-0.2, 0) is 17.8 Å². The number of carbonyl (C=O) groups is 1. The zero-order chi connectivity index (χ0) is 17.6. The van der Waals surface area contributed by atoms with Crippen LogP contribution in [0.1, 0.15) is 23.2 Å². The number of nitrogens with one attached hydrogen (secondary N) is 1. The summed E-state index contributed by atoms with van der Waals surface area (Å²) < 4.78 is 13.3. The highest BCUT2D eigenvalue weighted by Crippen LogP contribution is 2.22. The third-order valence-corrected chi connectivity index (χ3v) is 4.57. The van der Waals surface area contributed by atoms with E-state index in [9.17, 15) is 9.18 Å². The molecule has 3 aromatic rings. The van der Waals surface area contributed by atoms with Crippen molar-refractivity contribution < 1.29 is 9.18 Å². The molecule has 0 aliphatic carbocycles. The number of thiophene rings is 1. The van der Waals surface area contributed by atoms with Crippen molar-refractivity contribution in [3.05, 3.63) is 70.1 Å². The van der Waals surface area contributed by atoms with Crippen molar-refractivity contribution in [1.82, 2.24) is 15.3 Å². The molecule has 0 aliphatic rings. The summed E-state index contributed by atoms with van der Waals surface area (Å²) in [5.74, 6) is -0.291. The Morgan fingerprint density at radius 2 is 2.08 bits per heavy atom. The second-order valence-corrected chi connectivity index (χ2v) is 6.50. The summed E-state index contributed by atoms with van der Waals surface area (Å²) in [5, 5.41) is 6.87. The first-order valence-corrected chi connectivity index (χ1v) is 8.92. The van der Waals surface area contributed by atoms with Crippen molar-refractivity contribution in [2.45, 2.75) is 26.3 Å². The molecule has 0 saturated heterocycles. The fraction of sp³-hybridized carbons (Fsp3) is 0.211. The van der Waals surface area contributed by atoms with Gasteiger partial charge in [-0.3, -0.25) is 14.8 Å². The molecule has 3 rings (SSSR count). The minimum Gasteiger partial charge on any atom is -0.350 e. The molecule has 0 aliphatic heterocycles. The fourth-order valence-corrected chi connectivity index (χ4v) is 3.17. The number of hydrogen-bond acceptors (Lipinski definition) is 4. The van der Waals surface area contributed by atoms with Crippen LogP contribution in [0.5, 0.6) is 0 Å². The predicted molar refractivity (Wildman–Crippen MR) is 96.6 cm³/mol. The van der Waals surface area contributed by atoms with Gasteiger partial charge in [0.05, 0.1) is 17.9 Å². The van der Waals surface area contributed by atoms with Crippen LogP contribution >= 0.6 is 11.3 Å². The Kier molecular flexibility index (Phi) is 5.50. The summed E-state index contributed by atoms with van der Waals surface area (Å²) in [6.07, 6.45) is 4.19. The molecule has 0 atom stereocenters. The monoisotopic (exact) mass is 355 g/mol. The van der Waals surface area contributed by atoms with Crippen LogP contribution in [0.2, 0.25) is 0 Å². The Hall–Kier alpha value is -2.60. The van der Waals surface area contributed by atoms with Crippen LogP contribution < -0.4 is 5.32 Å². The first-order chi connectivity index (χ1) is 12.1. The summed E-state index contributed by atoms with van der Waals surface area (Å²) in [5.41, 5.74) is 4.08. The van der Waals surface area contributed by atoms with Crippen molar-refractivity contribution in [3.63, 3.8) is 0 Å². The maximum atomic E-state index is 13.3. The molecule has 0 saturated carbocycles. The van der Waals surface area contributed by atoms with Crippen LogP contribution in [-0.4, -0.2) is 15.9 Å². The van der Waals surface area contributed by atoms with Gasteiger partial charge in [-0.1, -0.05) is 12.1 Å². The summed E-state index contributed by atoms with van der Waals surface area (Å²) in [6.45, 7) is 2.05. The maximum Gasteiger partial charge on any atom is 0.220 e. The van der Waals surface area contributed by atoms with Crippen LogP contribution in [0.25, 0.3) is 11.3 Å². The van der Waals surface area contributed by atoms with Crippen molar-refractivity contribution >= 4 is 17.2 Å². The molecular formula is C19H18FN3OS. The highest BCUT2D eigenvalue weighted by molar-refractivity contribution is 7.08. The molecule has 0 bridgehead atoms. The van der Waals surface area contributed by atoms with Gasteiger partial charge in [0, 0.05) is 29.8 Å². The number of aromatic nitrogens is 2. The van der Waals surface area contributed by atoms with Crippen LogP contribution in [0.15, 0.2) is 47.4 Å². The average Bonchev–Trinajstić information content (AvgIpc) is 3.15. The summed E-state index contributed by atoms with van der Waals surface area (Å²) in [6, 6.07) is 6.92. The van der Waals surface area contributed by atoms with Gasteiger partial charge in [0.25, 0.3) is 0 Å². The van der Waals surface area contributed by atoms with E-state index in [1.54, 1.807) is 42.8 Å². The Morgan fingerprint density at radius 3 is 2.84 bits per heavy atom. The number of halogens is 1. The third-order valence-electron chi connectivity index (χ3n) is 3.88. The molecule has 25 heavy (non-hydrogen) atoms. The van der Waals surface area contributed by atoms with Gasteiger partial charge in [-0.2, -0.15) is 11.3 Å². The SMILES string of the molecule is Cc1cc(CCC(=O)NCc2nccnc2-c2ccsc2)ccc1F. The number of aryl methyl sites for hydroxylation is 2. The van der Waals surface area contributed by atoms with Crippen molar-refractivity contribution in [2.24, 2.45) is 0 Å². The predicted octanol–water partition coefficient (Wildman–Crippen LogP) is 3.90. The Labute approximate surface area is 149 Å². The number of carbonyl (C=O) groups excluding carboxylic acids is 1. The van der Waals surface area contributed by atoms with E-state index >= 15 is 0 Å². The fourth-order valence-electron chi connectivity index (χ4n) is 2.53. The molecule has 1 N–H and O–H groups in total. The minimum atomic E-state index is -0.225. The van der Waals surface area contributed by atoms with Gasteiger partial charge in [-0.05, 0) is 42.0 Å². The van der Waals surface area contributed by atoms with Gasteiger partial charge in [0.2, 0.25) is 5.91 Å². The summed E-state index contributed by atoms with van der Waals surface area (Å²) in [7, 11) is 0. The molecule has 1 amide bonds. The van der Waals surface area contributed by atoms with E-state index in [0.717, 1.165) is 22.5 Å². The van der Waals surface area contributed by atoms with E-state index in [-0.39, 0.29) is 11.7 Å². The molecular weight excluding hydrogens is 337 g/mol. The van der Waals surface area contributed by atoms with E-state index in [2.05, 4.69) is 15.3 Å². The van der Waals surface area contributed by atoms with E-state index in [1.807, 2.05) is 16.8 Å². The molecule has 0 spiro atoms. The first kappa shape index (κ1) is 17.2. The van der Waals surface area contributed by atoms with Crippen molar-refractivity contribution in [2.75, 3.05) is 0 Å². The second kappa shape index (κ2) is 7.98. The number of rotatable bonds is 6. The lowest BCUT2D eigenvalue weighted by Crippen LogP contribution is -2.24. The van der Waals surface area contributed by atoms with E-state index in [1.165, 1.54) is 6.07 Å². The number of hydrogen-bond donors (Lipinski definition) is 1. The Bertz CT molecular complexity index is 865.